The Morgan fingerprint density at radius 1 is 1.44 bits per heavy atom. The lowest BCUT2D eigenvalue weighted by Gasteiger charge is -2.09. The molecule has 96 valence electrons. The Morgan fingerprint density at radius 3 is 2.78 bits per heavy atom. The second-order valence-corrected chi connectivity index (χ2v) is 5.70. The van der Waals surface area contributed by atoms with Gasteiger partial charge in [0.15, 0.2) is 11.6 Å². The second-order valence-electron chi connectivity index (χ2n) is 3.85. The molecule has 0 fully saturated rings. The molecule has 1 aromatic carbocycles. The van der Waals surface area contributed by atoms with Gasteiger partial charge in [0, 0.05) is 4.47 Å². The first-order chi connectivity index (χ1) is 8.58. The monoisotopic (exact) mass is 330 g/mol. The average Bonchev–Trinajstić information content (AvgIpc) is 2.73. The number of benzene rings is 1. The van der Waals surface area contributed by atoms with Crippen LogP contribution in [0.4, 0.5) is 4.39 Å². The zero-order valence-electron chi connectivity index (χ0n) is 9.69. The van der Waals surface area contributed by atoms with Crippen LogP contribution in [0.2, 0.25) is 0 Å². The second kappa shape index (κ2) is 5.82. The Hall–Kier alpha value is -0.910. The van der Waals surface area contributed by atoms with Crippen LogP contribution < -0.4 is 4.74 Å². The van der Waals surface area contributed by atoms with E-state index in [-0.39, 0.29) is 5.75 Å². The number of rotatable bonds is 4. The molecule has 5 heteroatoms. The number of aliphatic hydroxyl groups is 1. The van der Waals surface area contributed by atoms with Crippen molar-refractivity contribution in [2.75, 3.05) is 0 Å². The fourth-order valence-electron chi connectivity index (χ4n) is 1.47. The molecule has 18 heavy (non-hydrogen) atoms. The molecule has 0 aliphatic heterocycles. The molecule has 1 unspecified atom stereocenters. The molecular formula is C13H12BrFO2S. The minimum atomic E-state index is -0.681. The van der Waals surface area contributed by atoms with E-state index in [1.165, 1.54) is 6.07 Å². The Labute approximate surface area is 117 Å². The van der Waals surface area contributed by atoms with Gasteiger partial charge in [0.1, 0.15) is 6.61 Å². The smallest absolute Gasteiger partial charge is 0.165 e. The van der Waals surface area contributed by atoms with Crippen LogP contribution in [0.15, 0.2) is 34.1 Å². The summed E-state index contributed by atoms with van der Waals surface area (Å²) in [6.45, 7) is 1.92. The molecule has 1 heterocycles. The van der Waals surface area contributed by atoms with Crippen LogP contribution in [0.3, 0.4) is 0 Å². The third-order valence-electron chi connectivity index (χ3n) is 2.49. The highest BCUT2D eigenvalue weighted by molar-refractivity contribution is 9.10. The van der Waals surface area contributed by atoms with Crippen molar-refractivity contribution >= 4 is 27.3 Å². The van der Waals surface area contributed by atoms with E-state index in [9.17, 15) is 9.50 Å². The third-order valence-corrected chi connectivity index (χ3v) is 4.39. The number of ether oxygens (including phenoxy) is 1. The molecule has 0 saturated carbocycles. The largest absolute Gasteiger partial charge is 0.485 e. The summed E-state index contributed by atoms with van der Waals surface area (Å²) in [5, 5.41) is 11.3. The fourth-order valence-corrected chi connectivity index (χ4v) is 2.84. The van der Waals surface area contributed by atoms with Gasteiger partial charge in [-0.2, -0.15) is 0 Å². The number of aliphatic hydroxyl groups excluding tert-OH is 1. The van der Waals surface area contributed by atoms with E-state index in [2.05, 4.69) is 15.9 Å². The SMILES string of the molecule is CC(O)c1ccc(OCc2sccc2Br)c(F)c1. The summed E-state index contributed by atoms with van der Waals surface area (Å²) in [6, 6.07) is 6.42. The number of hydrogen-bond donors (Lipinski definition) is 1. The summed E-state index contributed by atoms with van der Waals surface area (Å²) in [5.41, 5.74) is 0.539. The Morgan fingerprint density at radius 2 is 2.22 bits per heavy atom. The molecule has 2 rings (SSSR count). The minimum Gasteiger partial charge on any atom is -0.485 e. The molecular weight excluding hydrogens is 319 g/mol. The van der Waals surface area contributed by atoms with E-state index < -0.39 is 11.9 Å². The van der Waals surface area contributed by atoms with Crippen molar-refractivity contribution in [3.63, 3.8) is 0 Å². The lowest BCUT2D eigenvalue weighted by atomic mass is 10.1. The molecule has 1 atom stereocenters. The number of thiophene rings is 1. The van der Waals surface area contributed by atoms with E-state index in [0.29, 0.717) is 12.2 Å². The summed E-state index contributed by atoms with van der Waals surface area (Å²) in [7, 11) is 0. The highest BCUT2D eigenvalue weighted by Gasteiger charge is 2.09. The van der Waals surface area contributed by atoms with Crippen molar-refractivity contribution in [2.45, 2.75) is 19.6 Å². The third kappa shape index (κ3) is 3.10. The maximum atomic E-state index is 13.7. The van der Waals surface area contributed by atoms with E-state index in [1.807, 2.05) is 11.4 Å². The maximum absolute atomic E-state index is 13.7. The van der Waals surface area contributed by atoms with Crippen molar-refractivity contribution < 1.29 is 14.2 Å². The van der Waals surface area contributed by atoms with Crippen molar-refractivity contribution in [3.05, 3.63) is 50.4 Å². The standard InChI is InChI=1S/C13H12BrFO2S/c1-8(16)9-2-3-12(11(15)6-9)17-7-13-10(14)4-5-18-13/h2-6,8,16H,7H2,1H3. The predicted molar refractivity (Wildman–Crippen MR) is 73.4 cm³/mol. The highest BCUT2D eigenvalue weighted by atomic mass is 79.9. The van der Waals surface area contributed by atoms with Gasteiger partial charge in [0.05, 0.1) is 11.0 Å². The van der Waals surface area contributed by atoms with Gasteiger partial charge in [0.25, 0.3) is 0 Å². The molecule has 0 spiro atoms. The highest BCUT2D eigenvalue weighted by Crippen LogP contribution is 2.26. The fraction of sp³-hybridized carbons (Fsp3) is 0.231. The Bertz CT molecular complexity index is 540. The lowest BCUT2D eigenvalue weighted by molar-refractivity contribution is 0.198. The van der Waals surface area contributed by atoms with E-state index in [4.69, 9.17) is 4.74 Å². The number of halogens is 2. The van der Waals surface area contributed by atoms with Gasteiger partial charge in [-0.1, -0.05) is 6.07 Å². The molecule has 0 aliphatic rings. The van der Waals surface area contributed by atoms with Gasteiger partial charge in [-0.05, 0) is 52.0 Å². The molecule has 0 bridgehead atoms. The first-order valence-corrected chi connectivity index (χ1v) is 7.07. The molecule has 0 amide bonds. The van der Waals surface area contributed by atoms with Crippen molar-refractivity contribution in [2.24, 2.45) is 0 Å². The molecule has 0 aliphatic carbocycles. The van der Waals surface area contributed by atoms with Crippen LogP contribution in [-0.2, 0) is 6.61 Å². The van der Waals surface area contributed by atoms with Gasteiger partial charge in [-0.25, -0.2) is 4.39 Å². The van der Waals surface area contributed by atoms with Crippen LogP contribution in [-0.4, -0.2) is 5.11 Å². The maximum Gasteiger partial charge on any atom is 0.165 e. The van der Waals surface area contributed by atoms with Gasteiger partial charge < -0.3 is 9.84 Å². The Balaban J connectivity index is 2.08. The zero-order valence-corrected chi connectivity index (χ0v) is 12.1. The van der Waals surface area contributed by atoms with Gasteiger partial charge in [0.2, 0.25) is 0 Å². The summed E-state index contributed by atoms with van der Waals surface area (Å²) < 4.78 is 20.1. The Kier molecular flexibility index (Phi) is 4.37. The first kappa shape index (κ1) is 13.5. The molecule has 1 aromatic heterocycles. The van der Waals surface area contributed by atoms with Crippen LogP contribution in [0, 0.1) is 5.82 Å². The zero-order chi connectivity index (χ0) is 13.1. The van der Waals surface area contributed by atoms with Gasteiger partial charge in [-0.15, -0.1) is 11.3 Å². The molecule has 0 saturated heterocycles. The number of hydrogen-bond acceptors (Lipinski definition) is 3. The summed E-state index contributed by atoms with van der Waals surface area (Å²) in [4.78, 5) is 1.01. The van der Waals surface area contributed by atoms with Gasteiger partial charge in [-0.3, -0.25) is 0 Å². The van der Waals surface area contributed by atoms with Crippen molar-refractivity contribution in [1.29, 1.82) is 0 Å². The predicted octanol–water partition coefficient (Wildman–Crippen LogP) is 4.28. The summed E-state index contributed by atoms with van der Waals surface area (Å²) in [6.07, 6.45) is -0.681. The first-order valence-electron chi connectivity index (χ1n) is 5.40. The van der Waals surface area contributed by atoms with E-state index >= 15 is 0 Å². The summed E-state index contributed by atoms with van der Waals surface area (Å²) >= 11 is 4.94. The normalized spacial score (nSPS) is 12.4. The van der Waals surface area contributed by atoms with Gasteiger partial charge >= 0.3 is 0 Å². The lowest BCUT2D eigenvalue weighted by Crippen LogP contribution is -1.98. The molecule has 2 aromatic rings. The average molecular weight is 331 g/mol. The quantitative estimate of drug-likeness (QED) is 0.906. The van der Waals surface area contributed by atoms with Crippen LogP contribution in [0.25, 0.3) is 0 Å². The van der Waals surface area contributed by atoms with Crippen molar-refractivity contribution in [3.8, 4) is 5.75 Å². The van der Waals surface area contributed by atoms with Crippen LogP contribution in [0.5, 0.6) is 5.75 Å². The molecule has 1 N–H and O–H groups in total. The van der Waals surface area contributed by atoms with Crippen molar-refractivity contribution in [1.82, 2.24) is 0 Å². The van der Waals surface area contributed by atoms with E-state index in [1.54, 1.807) is 30.4 Å². The molecule has 0 radical (unpaired) electrons. The molecule has 2 nitrogen and oxygen atoms in total. The van der Waals surface area contributed by atoms with E-state index in [0.717, 1.165) is 9.35 Å². The topological polar surface area (TPSA) is 29.5 Å². The summed E-state index contributed by atoms with van der Waals surface area (Å²) in [5.74, 6) is -0.263. The van der Waals surface area contributed by atoms with Crippen LogP contribution in [0.1, 0.15) is 23.5 Å². The minimum absolute atomic E-state index is 0.194. The van der Waals surface area contributed by atoms with Crippen LogP contribution >= 0.6 is 27.3 Å².